The second-order valence-electron chi connectivity index (χ2n) is 13.5. The molecule has 7 aromatic carbocycles. The lowest BCUT2D eigenvalue weighted by Gasteiger charge is -2.10. The minimum Gasteiger partial charge on any atom is -0.309 e. The molecular formula is C47H31N5S. The maximum Gasteiger partial charge on any atom is 0.238 e. The Morgan fingerprint density at radius 2 is 1.02 bits per heavy atom. The molecule has 250 valence electrons. The van der Waals surface area contributed by atoms with Crippen LogP contribution >= 0.6 is 11.3 Å². The van der Waals surface area contributed by atoms with Crippen LogP contribution in [0, 0.1) is 0 Å². The molecule has 11 rings (SSSR count). The van der Waals surface area contributed by atoms with E-state index in [1.165, 1.54) is 58.8 Å². The van der Waals surface area contributed by atoms with Gasteiger partial charge >= 0.3 is 0 Å². The molecule has 6 heteroatoms. The van der Waals surface area contributed by atoms with Crippen LogP contribution in [0.1, 0.15) is 12.7 Å². The third-order valence-electron chi connectivity index (χ3n) is 10.5. The van der Waals surface area contributed by atoms with E-state index in [0.29, 0.717) is 11.8 Å². The molecule has 0 aliphatic carbocycles. The zero-order valence-electron chi connectivity index (χ0n) is 28.9. The van der Waals surface area contributed by atoms with E-state index in [4.69, 9.17) is 15.0 Å². The lowest BCUT2D eigenvalue weighted by atomic mass is 10.0. The van der Waals surface area contributed by atoms with Crippen molar-refractivity contribution in [2.75, 3.05) is 0 Å². The summed E-state index contributed by atoms with van der Waals surface area (Å²) >= 11 is 1.86. The molecule has 0 unspecified atom stereocenters. The molecule has 0 saturated carbocycles. The Balaban J connectivity index is 1.08. The molecule has 0 amide bonds. The second-order valence-corrected chi connectivity index (χ2v) is 14.6. The van der Waals surface area contributed by atoms with Gasteiger partial charge in [-0.2, -0.15) is 9.97 Å². The van der Waals surface area contributed by atoms with Crippen LogP contribution in [0.25, 0.3) is 97.9 Å². The number of fused-ring (bicyclic) bond motifs is 9. The highest BCUT2D eigenvalue weighted by Gasteiger charge is 2.19. The number of aryl methyl sites for hydroxylation is 1. The Kier molecular flexibility index (Phi) is 6.63. The van der Waals surface area contributed by atoms with Crippen molar-refractivity contribution in [1.29, 1.82) is 0 Å². The lowest BCUT2D eigenvalue weighted by Crippen LogP contribution is -2.07. The van der Waals surface area contributed by atoms with Gasteiger partial charge < -0.3 is 4.57 Å². The fraction of sp³-hybridized carbons (Fsp3) is 0.0426. The number of para-hydroxylation sites is 2. The Morgan fingerprint density at radius 1 is 0.434 bits per heavy atom. The van der Waals surface area contributed by atoms with E-state index >= 15 is 0 Å². The highest BCUT2D eigenvalue weighted by Crippen LogP contribution is 2.40. The minimum atomic E-state index is 0.637. The number of nitrogens with zero attached hydrogens (tertiary/aromatic N) is 5. The van der Waals surface area contributed by atoms with Crippen LogP contribution in [0.4, 0.5) is 0 Å². The summed E-state index contributed by atoms with van der Waals surface area (Å²) in [4.78, 5) is 14.8. The SMILES string of the molecule is CCc1nc(-c2ccccc2)nc(-n2c3ccccc3c3cc(-c4ccc5c(c4)c4ccccc4n5-c4ccc5sc6ccccc6c5c4)ccc32)n1. The van der Waals surface area contributed by atoms with E-state index < -0.39 is 0 Å². The lowest BCUT2D eigenvalue weighted by molar-refractivity contribution is 0.860. The normalized spacial score (nSPS) is 11.9. The summed E-state index contributed by atoms with van der Waals surface area (Å²) in [7, 11) is 0. The molecule has 0 saturated heterocycles. The smallest absolute Gasteiger partial charge is 0.238 e. The molecule has 0 bridgehead atoms. The average molecular weight is 698 g/mol. The van der Waals surface area contributed by atoms with E-state index in [-0.39, 0.29) is 0 Å². The van der Waals surface area contributed by atoms with E-state index in [2.05, 4.69) is 156 Å². The topological polar surface area (TPSA) is 48.5 Å². The van der Waals surface area contributed by atoms with Crippen molar-refractivity contribution in [1.82, 2.24) is 24.1 Å². The van der Waals surface area contributed by atoms with Gasteiger partial charge in [0.25, 0.3) is 0 Å². The number of aromatic nitrogens is 5. The van der Waals surface area contributed by atoms with Crippen molar-refractivity contribution in [2.24, 2.45) is 0 Å². The van der Waals surface area contributed by atoms with E-state index in [0.717, 1.165) is 39.6 Å². The summed E-state index contributed by atoms with van der Waals surface area (Å²) in [5.74, 6) is 2.09. The van der Waals surface area contributed by atoms with Crippen molar-refractivity contribution in [3.05, 3.63) is 164 Å². The van der Waals surface area contributed by atoms with Gasteiger partial charge in [-0.3, -0.25) is 4.57 Å². The Bertz CT molecular complexity index is 3220. The van der Waals surface area contributed by atoms with Crippen LogP contribution in [0.15, 0.2) is 158 Å². The zero-order valence-corrected chi connectivity index (χ0v) is 29.7. The third kappa shape index (κ3) is 4.66. The van der Waals surface area contributed by atoms with Crippen molar-refractivity contribution < 1.29 is 0 Å². The number of benzene rings is 7. The summed E-state index contributed by atoms with van der Waals surface area (Å²) in [5.41, 5.74) is 9.04. The first-order chi connectivity index (χ1) is 26.2. The molecule has 0 N–H and O–H groups in total. The first kappa shape index (κ1) is 30.0. The van der Waals surface area contributed by atoms with Crippen molar-refractivity contribution in [3.8, 4) is 34.2 Å². The van der Waals surface area contributed by atoms with Gasteiger partial charge in [-0.25, -0.2) is 4.98 Å². The Labute approximate surface area is 309 Å². The first-order valence-electron chi connectivity index (χ1n) is 18.0. The van der Waals surface area contributed by atoms with Gasteiger partial charge in [0.2, 0.25) is 5.95 Å². The molecule has 0 aliphatic rings. The molecular weight excluding hydrogens is 667 g/mol. The van der Waals surface area contributed by atoms with Crippen molar-refractivity contribution in [3.63, 3.8) is 0 Å². The van der Waals surface area contributed by atoms with E-state index in [1.807, 2.05) is 29.5 Å². The van der Waals surface area contributed by atoms with E-state index in [1.54, 1.807) is 0 Å². The predicted octanol–water partition coefficient (Wildman–Crippen LogP) is 12.3. The van der Waals surface area contributed by atoms with Gasteiger partial charge in [-0.05, 0) is 71.8 Å². The van der Waals surface area contributed by atoms with Gasteiger partial charge in [0.1, 0.15) is 5.82 Å². The molecule has 0 radical (unpaired) electrons. The average Bonchev–Trinajstić information content (AvgIpc) is 3.88. The van der Waals surface area contributed by atoms with Crippen LogP contribution in [-0.4, -0.2) is 24.1 Å². The second kappa shape index (κ2) is 11.7. The summed E-state index contributed by atoms with van der Waals surface area (Å²) in [5, 5.41) is 7.43. The van der Waals surface area contributed by atoms with Crippen LogP contribution in [0.3, 0.4) is 0 Å². The number of hydrogen-bond donors (Lipinski definition) is 0. The van der Waals surface area contributed by atoms with Crippen LogP contribution < -0.4 is 0 Å². The monoisotopic (exact) mass is 697 g/mol. The molecule has 53 heavy (non-hydrogen) atoms. The van der Waals surface area contributed by atoms with Crippen LogP contribution in [-0.2, 0) is 6.42 Å². The van der Waals surface area contributed by atoms with Crippen LogP contribution in [0.2, 0.25) is 0 Å². The standard InChI is InChI=1S/C47H31N5S/c1-2-45-48-46(29-12-4-3-5-13-29)50-47(49-45)52-40-18-10-7-15-34(40)37-27-31(21-24-42(37)52)30-20-23-41-36(26-30)33-14-6-9-17-39(33)51(41)32-22-25-44-38(28-32)35-16-8-11-19-43(35)53-44/h3-28H,2H2,1H3. The van der Waals surface area contributed by atoms with Gasteiger partial charge in [-0.15, -0.1) is 11.3 Å². The molecule has 0 aliphatic heterocycles. The number of rotatable bonds is 5. The molecule has 4 heterocycles. The fourth-order valence-corrected chi connectivity index (χ4v) is 9.12. The van der Waals surface area contributed by atoms with Gasteiger partial charge in [0, 0.05) is 59.4 Å². The van der Waals surface area contributed by atoms with E-state index in [9.17, 15) is 0 Å². The largest absolute Gasteiger partial charge is 0.309 e. The molecule has 5 nitrogen and oxygen atoms in total. The summed E-state index contributed by atoms with van der Waals surface area (Å²) in [6, 6.07) is 56.8. The van der Waals surface area contributed by atoms with Crippen molar-refractivity contribution in [2.45, 2.75) is 13.3 Å². The molecule has 0 atom stereocenters. The van der Waals surface area contributed by atoms with Gasteiger partial charge in [0.15, 0.2) is 5.82 Å². The third-order valence-corrected chi connectivity index (χ3v) is 11.7. The maximum absolute atomic E-state index is 5.03. The van der Waals surface area contributed by atoms with Gasteiger partial charge in [-0.1, -0.05) is 104 Å². The number of thiophene rings is 1. The van der Waals surface area contributed by atoms with Crippen LogP contribution in [0.5, 0.6) is 0 Å². The Morgan fingerprint density at radius 3 is 1.74 bits per heavy atom. The van der Waals surface area contributed by atoms with Crippen molar-refractivity contribution >= 4 is 75.1 Å². The first-order valence-corrected chi connectivity index (χ1v) is 18.8. The highest BCUT2D eigenvalue weighted by molar-refractivity contribution is 7.25. The number of hydrogen-bond acceptors (Lipinski definition) is 4. The highest BCUT2D eigenvalue weighted by atomic mass is 32.1. The summed E-state index contributed by atoms with van der Waals surface area (Å²) in [6.07, 6.45) is 0.717. The Hall–Kier alpha value is -6.63. The molecule has 0 fully saturated rings. The molecule has 4 aromatic heterocycles. The maximum atomic E-state index is 5.03. The predicted molar refractivity (Wildman–Crippen MR) is 222 cm³/mol. The minimum absolute atomic E-state index is 0.637. The summed E-state index contributed by atoms with van der Waals surface area (Å²) < 4.78 is 7.24. The van der Waals surface area contributed by atoms with Gasteiger partial charge in [0.05, 0.1) is 22.1 Å². The zero-order chi connectivity index (χ0) is 35.0. The summed E-state index contributed by atoms with van der Waals surface area (Å²) in [6.45, 7) is 2.09. The molecule has 0 spiro atoms. The molecule has 11 aromatic rings. The quantitative estimate of drug-likeness (QED) is 0.180. The fourth-order valence-electron chi connectivity index (χ4n) is 8.03.